The van der Waals surface area contributed by atoms with Gasteiger partial charge in [-0.1, -0.05) is 0 Å². The van der Waals surface area contributed by atoms with E-state index in [9.17, 15) is 5.26 Å². The highest BCUT2D eigenvalue weighted by atomic mass is 16.5. The third-order valence-corrected chi connectivity index (χ3v) is 5.78. The molecule has 0 aromatic carbocycles. The largest absolute Gasteiger partial charge is 0.481 e. The van der Waals surface area contributed by atoms with Gasteiger partial charge in [0.1, 0.15) is 6.07 Å². The number of hydrogen-bond donors (Lipinski definition) is 1. The Morgan fingerprint density at radius 3 is 2.65 bits per heavy atom. The minimum Gasteiger partial charge on any atom is -0.481 e. The van der Waals surface area contributed by atoms with Crippen LogP contribution < -0.4 is 15.4 Å². The summed E-state index contributed by atoms with van der Waals surface area (Å²) in [6.45, 7) is 6.95. The van der Waals surface area contributed by atoms with Gasteiger partial charge in [-0.05, 0) is 50.6 Å². The summed E-state index contributed by atoms with van der Waals surface area (Å²) in [7, 11) is 1.59. The van der Waals surface area contributed by atoms with Gasteiger partial charge in [0.25, 0.3) is 0 Å². The molecule has 0 radical (unpaired) electrons. The summed E-state index contributed by atoms with van der Waals surface area (Å²) in [5.74, 6) is 1.19. The van der Waals surface area contributed by atoms with Crippen LogP contribution in [0.4, 0.5) is 5.82 Å². The van der Waals surface area contributed by atoms with Gasteiger partial charge in [0.05, 0.1) is 24.4 Å². The molecule has 1 fully saturated rings. The molecule has 160 valence electrons. The fourth-order valence-electron chi connectivity index (χ4n) is 4.14. The summed E-state index contributed by atoms with van der Waals surface area (Å²) >= 11 is 0. The van der Waals surface area contributed by atoms with Crippen molar-refractivity contribution in [3.05, 3.63) is 47.3 Å². The van der Waals surface area contributed by atoms with Gasteiger partial charge >= 0.3 is 0 Å². The van der Waals surface area contributed by atoms with Crippen LogP contribution >= 0.6 is 0 Å². The second kappa shape index (κ2) is 8.08. The Labute approximate surface area is 182 Å². The zero-order valence-corrected chi connectivity index (χ0v) is 18.4. The van der Waals surface area contributed by atoms with E-state index in [1.807, 2.05) is 19.9 Å². The van der Waals surface area contributed by atoms with Gasteiger partial charge in [-0.15, -0.1) is 0 Å². The molecule has 31 heavy (non-hydrogen) atoms. The number of aromatic nitrogens is 4. The smallest absolute Gasteiger partial charge is 0.222 e. The van der Waals surface area contributed by atoms with Crippen molar-refractivity contribution < 1.29 is 4.74 Å². The molecular weight excluding hydrogens is 390 g/mol. The predicted octanol–water partition coefficient (Wildman–Crippen LogP) is 3.07. The molecule has 3 aromatic heterocycles. The van der Waals surface area contributed by atoms with E-state index < -0.39 is 5.54 Å². The van der Waals surface area contributed by atoms with Crippen LogP contribution in [-0.2, 0) is 12.0 Å². The molecule has 3 aromatic rings. The lowest BCUT2D eigenvalue weighted by Gasteiger charge is -2.23. The third kappa shape index (κ3) is 4.01. The number of nitrogens with zero attached hydrogens (tertiary/aromatic N) is 6. The highest BCUT2D eigenvalue weighted by Crippen LogP contribution is 2.32. The number of nitriles is 1. The van der Waals surface area contributed by atoms with E-state index >= 15 is 0 Å². The fraction of sp³-hybridized carbons (Fsp3) is 0.435. The average Bonchev–Trinajstić information content (AvgIpc) is 3.17. The molecule has 4 heterocycles. The Morgan fingerprint density at radius 1 is 1.19 bits per heavy atom. The molecule has 8 heteroatoms. The fourth-order valence-corrected chi connectivity index (χ4v) is 4.14. The highest BCUT2D eigenvalue weighted by Gasteiger charge is 2.25. The minimum atomic E-state index is -0.566. The monoisotopic (exact) mass is 417 g/mol. The van der Waals surface area contributed by atoms with Crippen LogP contribution in [0.3, 0.4) is 0 Å². The number of nitrogens with two attached hydrogens (primary N) is 1. The van der Waals surface area contributed by atoms with Gasteiger partial charge in [0, 0.05) is 42.6 Å². The second-order valence-corrected chi connectivity index (χ2v) is 8.63. The standard InChI is InChI=1S/C23H27N7O/c1-14-6-5-7-30(14)21-20(10-24)27-11-16(29-21)8-15-9-17-18(12-26-15)22(31-4)28-13-19(17)23(2,3)25/h9,11-14H,5-8,25H2,1-4H3/t14-/m0/s1. The van der Waals surface area contributed by atoms with Gasteiger partial charge in [-0.2, -0.15) is 5.26 Å². The van der Waals surface area contributed by atoms with Crippen molar-refractivity contribution in [3.63, 3.8) is 0 Å². The van der Waals surface area contributed by atoms with Crippen molar-refractivity contribution in [2.45, 2.75) is 51.6 Å². The molecule has 0 spiro atoms. The maximum atomic E-state index is 9.50. The van der Waals surface area contributed by atoms with E-state index in [0.717, 1.165) is 47.1 Å². The van der Waals surface area contributed by atoms with Crippen molar-refractivity contribution in [2.75, 3.05) is 18.6 Å². The predicted molar refractivity (Wildman–Crippen MR) is 119 cm³/mol. The number of pyridine rings is 2. The third-order valence-electron chi connectivity index (χ3n) is 5.78. The zero-order chi connectivity index (χ0) is 22.2. The molecule has 0 aliphatic carbocycles. The summed E-state index contributed by atoms with van der Waals surface area (Å²) in [6.07, 6.45) is 7.88. The molecule has 1 atom stereocenters. The molecule has 0 bridgehead atoms. The summed E-state index contributed by atoms with van der Waals surface area (Å²) in [4.78, 5) is 20.3. The Morgan fingerprint density at radius 2 is 2.00 bits per heavy atom. The number of fused-ring (bicyclic) bond motifs is 1. The molecule has 1 aliphatic rings. The Kier molecular flexibility index (Phi) is 5.46. The number of hydrogen-bond acceptors (Lipinski definition) is 8. The number of ether oxygens (including phenoxy) is 1. The first-order chi connectivity index (χ1) is 14.8. The molecule has 4 rings (SSSR count). The lowest BCUT2D eigenvalue weighted by atomic mass is 9.92. The SMILES string of the molecule is COc1ncc(C(C)(C)N)c2cc(Cc3cnc(C#N)c(N4CCC[C@@H]4C)n3)ncc12. The molecule has 0 unspecified atom stereocenters. The van der Waals surface area contributed by atoms with Crippen LogP contribution in [0.25, 0.3) is 10.8 Å². The van der Waals surface area contributed by atoms with Gasteiger partial charge in [-0.25, -0.2) is 15.0 Å². The first-order valence-corrected chi connectivity index (χ1v) is 10.5. The summed E-state index contributed by atoms with van der Waals surface area (Å²) in [5.41, 5.74) is 8.73. The highest BCUT2D eigenvalue weighted by molar-refractivity contribution is 5.89. The summed E-state index contributed by atoms with van der Waals surface area (Å²) in [6, 6.07) is 4.55. The van der Waals surface area contributed by atoms with E-state index in [1.54, 1.807) is 25.7 Å². The Hall–Kier alpha value is -3.31. The summed E-state index contributed by atoms with van der Waals surface area (Å²) in [5, 5.41) is 11.3. The van der Waals surface area contributed by atoms with Gasteiger partial charge < -0.3 is 15.4 Å². The van der Waals surface area contributed by atoms with Gasteiger partial charge in [-0.3, -0.25) is 4.98 Å². The minimum absolute atomic E-state index is 0.352. The van der Waals surface area contributed by atoms with Crippen molar-refractivity contribution in [3.8, 4) is 11.9 Å². The van der Waals surface area contributed by atoms with Crippen LogP contribution in [0.5, 0.6) is 5.88 Å². The maximum absolute atomic E-state index is 9.50. The van der Waals surface area contributed by atoms with Crippen LogP contribution in [0, 0.1) is 11.3 Å². The second-order valence-electron chi connectivity index (χ2n) is 8.63. The van der Waals surface area contributed by atoms with E-state index in [0.29, 0.717) is 29.9 Å². The van der Waals surface area contributed by atoms with Crippen LogP contribution in [0.1, 0.15) is 56.3 Å². The van der Waals surface area contributed by atoms with Gasteiger partial charge in [0.2, 0.25) is 5.88 Å². The Bertz CT molecular complexity index is 1160. The first kappa shape index (κ1) is 20.9. The zero-order valence-electron chi connectivity index (χ0n) is 18.4. The van der Waals surface area contributed by atoms with Gasteiger partial charge in [0.15, 0.2) is 11.5 Å². The number of methoxy groups -OCH3 is 1. The molecule has 1 aliphatic heterocycles. The van der Waals surface area contributed by atoms with Crippen LogP contribution in [-0.4, -0.2) is 39.6 Å². The molecule has 0 saturated carbocycles. The quantitative estimate of drug-likeness (QED) is 0.674. The number of anilines is 1. The lowest BCUT2D eigenvalue weighted by Crippen LogP contribution is -2.29. The Balaban J connectivity index is 1.74. The first-order valence-electron chi connectivity index (χ1n) is 10.5. The van der Waals surface area contributed by atoms with Crippen molar-refractivity contribution in [1.29, 1.82) is 5.26 Å². The average molecular weight is 418 g/mol. The van der Waals surface area contributed by atoms with E-state index in [2.05, 4.69) is 32.8 Å². The normalized spacial score (nSPS) is 16.5. The maximum Gasteiger partial charge on any atom is 0.222 e. The van der Waals surface area contributed by atoms with Crippen LogP contribution in [0.2, 0.25) is 0 Å². The molecule has 8 nitrogen and oxygen atoms in total. The van der Waals surface area contributed by atoms with Crippen molar-refractivity contribution in [2.24, 2.45) is 5.73 Å². The van der Waals surface area contributed by atoms with Crippen molar-refractivity contribution >= 4 is 16.6 Å². The molecular formula is C23H27N7O. The topological polar surface area (TPSA) is 114 Å². The lowest BCUT2D eigenvalue weighted by molar-refractivity contribution is 0.402. The molecule has 1 saturated heterocycles. The molecule has 0 amide bonds. The molecule has 2 N–H and O–H groups in total. The summed E-state index contributed by atoms with van der Waals surface area (Å²) < 4.78 is 5.41. The van der Waals surface area contributed by atoms with E-state index in [4.69, 9.17) is 15.5 Å². The van der Waals surface area contributed by atoms with Crippen molar-refractivity contribution in [1.82, 2.24) is 19.9 Å². The van der Waals surface area contributed by atoms with Crippen LogP contribution in [0.15, 0.2) is 24.7 Å². The van der Waals surface area contributed by atoms with E-state index in [-0.39, 0.29) is 0 Å². The number of rotatable bonds is 5. The van der Waals surface area contributed by atoms with E-state index in [1.165, 1.54) is 0 Å².